The van der Waals surface area contributed by atoms with Gasteiger partial charge in [0, 0.05) is 18.0 Å². The quantitative estimate of drug-likeness (QED) is 0.885. The average molecular weight is 289 g/mol. The van der Waals surface area contributed by atoms with Crippen LogP contribution in [0, 0.1) is 0 Å². The third-order valence-electron chi connectivity index (χ3n) is 3.76. The molecule has 0 aliphatic heterocycles. The van der Waals surface area contributed by atoms with Gasteiger partial charge in [0.1, 0.15) is 5.75 Å². The first-order valence-corrected chi connectivity index (χ1v) is 7.13. The molecule has 1 unspecified atom stereocenters. The Labute approximate surface area is 125 Å². The minimum Gasteiger partial charge on any atom is -0.496 e. The predicted molar refractivity (Wildman–Crippen MR) is 81.6 cm³/mol. The minimum atomic E-state index is -0.402. The van der Waals surface area contributed by atoms with Crippen LogP contribution >= 0.6 is 0 Å². The Morgan fingerprint density at radius 3 is 2.71 bits per heavy atom. The molecule has 0 aliphatic rings. The molecule has 0 aliphatic carbocycles. The van der Waals surface area contributed by atoms with Gasteiger partial charge in [0.2, 0.25) is 5.89 Å². The number of benzene rings is 1. The molecule has 21 heavy (non-hydrogen) atoms. The van der Waals surface area contributed by atoms with Crippen LogP contribution in [0.1, 0.15) is 38.0 Å². The highest BCUT2D eigenvalue weighted by Gasteiger charge is 2.32. The smallest absolute Gasteiger partial charge is 0.236 e. The van der Waals surface area contributed by atoms with Gasteiger partial charge in [-0.25, -0.2) is 0 Å². The first kappa shape index (κ1) is 15.5. The van der Waals surface area contributed by atoms with Gasteiger partial charge in [0.15, 0.2) is 5.82 Å². The molecule has 0 bridgehead atoms. The van der Waals surface area contributed by atoms with Crippen LogP contribution in [0.15, 0.2) is 28.8 Å². The summed E-state index contributed by atoms with van der Waals surface area (Å²) < 4.78 is 10.9. The first-order valence-electron chi connectivity index (χ1n) is 7.13. The van der Waals surface area contributed by atoms with Gasteiger partial charge in [-0.05, 0) is 33.9 Å². The lowest BCUT2D eigenvalue weighted by Crippen LogP contribution is -2.24. The van der Waals surface area contributed by atoms with E-state index in [0.717, 1.165) is 23.6 Å². The Hall–Kier alpha value is -1.88. The maximum absolute atomic E-state index is 5.48. The second kappa shape index (κ2) is 6.26. The second-order valence-electron chi connectivity index (χ2n) is 5.73. The van der Waals surface area contributed by atoms with Gasteiger partial charge in [-0.1, -0.05) is 23.4 Å². The van der Waals surface area contributed by atoms with Gasteiger partial charge in [-0.3, -0.25) is 0 Å². The maximum Gasteiger partial charge on any atom is 0.236 e. The normalized spacial score (nSPS) is 13.2. The van der Waals surface area contributed by atoms with E-state index in [0.29, 0.717) is 11.9 Å². The van der Waals surface area contributed by atoms with Gasteiger partial charge < -0.3 is 14.6 Å². The highest BCUT2D eigenvalue weighted by Crippen LogP contribution is 2.36. The standard InChI is InChI=1S/C16H23N3O2/c1-11(17-4)10-14-18-15(21-19-14)16(2,3)12-8-6-7-9-13(12)20-5/h6-9,11,17H,10H2,1-5H3. The third-order valence-corrected chi connectivity index (χ3v) is 3.76. The van der Waals surface area contributed by atoms with Crippen molar-refractivity contribution < 1.29 is 9.26 Å². The summed E-state index contributed by atoms with van der Waals surface area (Å²) in [5.41, 5.74) is 0.630. The van der Waals surface area contributed by atoms with E-state index in [-0.39, 0.29) is 0 Å². The molecule has 1 atom stereocenters. The molecule has 1 heterocycles. The summed E-state index contributed by atoms with van der Waals surface area (Å²) in [5.74, 6) is 2.14. The molecule has 2 rings (SSSR count). The maximum atomic E-state index is 5.48. The second-order valence-corrected chi connectivity index (χ2v) is 5.73. The van der Waals surface area contributed by atoms with Crippen molar-refractivity contribution in [2.75, 3.05) is 14.2 Å². The van der Waals surface area contributed by atoms with Crippen molar-refractivity contribution in [2.24, 2.45) is 0 Å². The summed E-state index contributed by atoms with van der Waals surface area (Å²) >= 11 is 0. The number of hydrogen-bond donors (Lipinski definition) is 1. The third kappa shape index (κ3) is 3.24. The lowest BCUT2D eigenvalue weighted by molar-refractivity contribution is 0.321. The number of likely N-dealkylation sites (N-methyl/N-ethyl adjacent to an activating group) is 1. The van der Waals surface area contributed by atoms with Crippen LogP contribution in [-0.2, 0) is 11.8 Å². The summed E-state index contributed by atoms with van der Waals surface area (Å²) in [7, 11) is 3.59. The number of methoxy groups -OCH3 is 1. The number of hydrogen-bond acceptors (Lipinski definition) is 5. The molecule has 0 fully saturated rings. The van der Waals surface area contributed by atoms with Crippen molar-refractivity contribution in [3.8, 4) is 5.75 Å². The van der Waals surface area contributed by atoms with Crippen molar-refractivity contribution in [3.05, 3.63) is 41.5 Å². The van der Waals surface area contributed by atoms with Crippen LogP contribution in [0.25, 0.3) is 0 Å². The van der Waals surface area contributed by atoms with Gasteiger partial charge in [0.05, 0.1) is 12.5 Å². The number of ether oxygens (including phenoxy) is 1. The molecule has 0 saturated heterocycles. The topological polar surface area (TPSA) is 60.2 Å². The summed E-state index contributed by atoms with van der Waals surface area (Å²) in [6.07, 6.45) is 0.738. The Kier molecular flexibility index (Phi) is 4.63. The van der Waals surface area contributed by atoms with Crippen molar-refractivity contribution >= 4 is 0 Å². The fourth-order valence-corrected chi connectivity index (χ4v) is 2.24. The van der Waals surface area contributed by atoms with Gasteiger partial charge in [0.25, 0.3) is 0 Å². The van der Waals surface area contributed by atoms with Crippen molar-refractivity contribution in [2.45, 2.75) is 38.6 Å². The van der Waals surface area contributed by atoms with Crippen molar-refractivity contribution in [1.29, 1.82) is 0 Å². The summed E-state index contributed by atoms with van der Waals surface area (Å²) in [5, 5.41) is 7.25. The van der Waals surface area contributed by atoms with E-state index in [9.17, 15) is 0 Å². The van der Waals surface area contributed by atoms with E-state index >= 15 is 0 Å². The van der Waals surface area contributed by atoms with E-state index in [4.69, 9.17) is 9.26 Å². The SMILES string of the molecule is CNC(C)Cc1noc(C(C)(C)c2ccccc2OC)n1. The fraction of sp³-hybridized carbons (Fsp3) is 0.500. The molecule has 1 aromatic heterocycles. The Bertz CT molecular complexity index is 593. The van der Waals surface area contributed by atoms with E-state index in [1.54, 1.807) is 7.11 Å². The first-order chi connectivity index (χ1) is 9.98. The van der Waals surface area contributed by atoms with Crippen LogP contribution in [0.3, 0.4) is 0 Å². The fourth-order valence-electron chi connectivity index (χ4n) is 2.24. The largest absolute Gasteiger partial charge is 0.496 e. The van der Waals surface area contributed by atoms with Crippen molar-refractivity contribution in [3.63, 3.8) is 0 Å². The molecular weight excluding hydrogens is 266 g/mol. The van der Waals surface area contributed by atoms with E-state index in [1.165, 1.54) is 0 Å². The van der Waals surface area contributed by atoms with Crippen LogP contribution in [0.5, 0.6) is 5.75 Å². The number of aromatic nitrogens is 2. The molecule has 5 nitrogen and oxygen atoms in total. The zero-order chi connectivity index (χ0) is 15.5. The number of nitrogens with one attached hydrogen (secondary N) is 1. The lowest BCUT2D eigenvalue weighted by Gasteiger charge is -2.22. The summed E-state index contributed by atoms with van der Waals surface area (Å²) in [4.78, 5) is 4.55. The molecule has 0 amide bonds. The van der Waals surface area contributed by atoms with Crippen LogP contribution in [0.2, 0.25) is 0 Å². The summed E-state index contributed by atoms with van der Waals surface area (Å²) in [6, 6.07) is 8.22. The van der Waals surface area contributed by atoms with E-state index in [2.05, 4.69) is 36.2 Å². The molecule has 1 aromatic carbocycles. The highest BCUT2D eigenvalue weighted by molar-refractivity contribution is 5.42. The molecule has 5 heteroatoms. The monoisotopic (exact) mass is 289 g/mol. The van der Waals surface area contributed by atoms with Crippen LogP contribution in [0.4, 0.5) is 0 Å². The van der Waals surface area contributed by atoms with Crippen molar-refractivity contribution in [1.82, 2.24) is 15.5 Å². The molecule has 0 saturated carbocycles. The molecule has 1 N–H and O–H groups in total. The molecule has 0 radical (unpaired) electrons. The Balaban J connectivity index is 2.31. The zero-order valence-corrected chi connectivity index (χ0v) is 13.3. The molecular formula is C16H23N3O2. The number of rotatable bonds is 6. The highest BCUT2D eigenvalue weighted by atomic mass is 16.5. The zero-order valence-electron chi connectivity index (χ0n) is 13.3. The van der Waals surface area contributed by atoms with E-state index < -0.39 is 5.41 Å². The molecule has 0 spiro atoms. The van der Waals surface area contributed by atoms with E-state index in [1.807, 2.05) is 31.3 Å². The number of para-hydroxylation sites is 1. The van der Waals surface area contributed by atoms with Crippen LogP contribution in [-0.4, -0.2) is 30.3 Å². The van der Waals surface area contributed by atoms with Gasteiger partial charge >= 0.3 is 0 Å². The summed E-state index contributed by atoms with van der Waals surface area (Å²) in [6.45, 7) is 6.20. The predicted octanol–water partition coefficient (Wildman–Crippen LogP) is 2.55. The van der Waals surface area contributed by atoms with Crippen LogP contribution < -0.4 is 10.1 Å². The molecule has 2 aromatic rings. The average Bonchev–Trinajstić information content (AvgIpc) is 2.96. The number of nitrogens with zero attached hydrogens (tertiary/aromatic N) is 2. The Morgan fingerprint density at radius 2 is 2.05 bits per heavy atom. The minimum absolute atomic E-state index is 0.310. The lowest BCUT2D eigenvalue weighted by atomic mass is 9.84. The molecule has 114 valence electrons. The van der Waals surface area contributed by atoms with Gasteiger partial charge in [-0.15, -0.1) is 0 Å². The Morgan fingerprint density at radius 1 is 1.33 bits per heavy atom. The van der Waals surface area contributed by atoms with Gasteiger partial charge in [-0.2, -0.15) is 4.98 Å².